The highest BCUT2D eigenvalue weighted by molar-refractivity contribution is 7.98. The van der Waals surface area contributed by atoms with Crippen LogP contribution in [-0.4, -0.2) is 11.5 Å². The molecule has 0 bridgehead atoms. The summed E-state index contributed by atoms with van der Waals surface area (Å²) in [5, 5.41) is 3.59. The Hall–Kier alpha value is -1.33. The van der Waals surface area contributed by atoms with Crippen molar-refractivity contribution in [1.82, 2.24) is 4.98 Å². The van der Waals surface area contributed by atoms with Crippen LogP contribution in [0, 0.1) is 11.6 Å². The van der Waals surface area contributed by atoms with Crippen LogP contribution < -0.4 is 5.32 Å². The average Bonchev–Trinajstić information content (AvgIpc) is 2.43. The Morgan fingerprint density at radius 2 is 2.05 bits per heavy atom. The molecule has 6 heteroatoms. The molecule has 2 rings (SSSR count). The number of thioether (sulfide) groups is 1. The molecule has 0 radical (unpaired) electrons. The van der Waals surface area contributed by atoms with Gasteiger partial charge in [0.25, 0.3) is 0 Å². The lowest BCUT2D eigenvalue weighted by atomic mass is 10.3. The van der Waals surface area contributed by atoms with Crippen LogP contribution >= 0.6 is 23.4 Å². The van der Waals surface area contributed by atoms with Crippen molar-refractivity contribution in [3.05, 3.63) is 52.7 Å². The summed E-state index contributed by atoms with van der Waals surface area (Å²) in [4.78, 5) is 4.60. The largest absolute Gasteiger partial charge is 0.370 e. The number of nitrogens with zero attached hydrogens (tertiary/aromatic N) is 1. The van der Waals surface area contributed by atoms with Gasteiger partial charge in [-0.05, 0) is 37.3 Å². The molecule has 0 saturated heterocycles. The Balaban J connectivity index is 2.13. The quantitative estimate of drug-likeness (QED) is 0.807. The highest BCUT2D eigenvalue weighted by Gasteiger charge is 2.08. The SMILES string of the molecule is CCNc1ccc(Cl)c(CSc2cc(F)ccc2F)n1. The highest BCUT2D eigenvalue weighted by Crippen LogP contribution is 2.28. The number of rotatable bonds is 5. The highest BCUT2D eigenvalue weighted by atomic mass is 35.5. The molecule has 0 atom stereocenters. The second kappa shape index (κ2) is 6.90. The molecule has 0 saturated carbocycles. The van der Waals surface area contributed by atoms with Gasteiger partial charge in [-0.2, -0.15) is 0 Å². The lowest BCUT2D eigenvalue weighted by Crippen LogP contribution is -2.01. The summed E-state index contributed by atoms with van der Waals surface area (Å²) < 4.78 is 26.6. The van der Waals surface area contributed by atoms with E-state index in [0.717, 1.165) is 18.7 Å². The number of nitrogens with one attached hydrogen (secondary N) is 1. The van der Waals surface area contributed by atoms with Crippen molar-refractivity contribution in [2.45, 2.75) is 17.6 Å². The first kappa shape index (κ1) is 15.1. The van der Waals surface area contributed by atoms with Gasteiger partial charge in [-0.25, -0.2) is 13.8 Å². The van der Waals surface area contributed by atoms with Crippen LogP contribution in [0.1, 0.15) is 12.6 Å². The molecule has 1 aromatic carbocycles. The molecular formula is C14H13ClF2N2S. The van der Waals surface area contributed by atoms with Crippen molar-refractivity contribution in [2.24, 2.45) is 0 Å². The fourth-order valence-electron chi connectivity index (χ4n) is 1.60. The number of pyridine rings is 1. The molecule has 106 valence electrons. The van der Waals surface area contributed by atoms with Crippen molar-refractivity contribution in [3.8, 4) is 0 Å². The molecule has 1 aromatic heterocycles. The summed E-state index contributed by atoms with van der Waals surface area (Å²) in [6, 6.07) is 6.90. The fraction of sp³-hybridized carbons (Fsp3) is 0.214. The minimum Gasteiger partial charge on any atom is -0.370 e. The van der Waals surface area contributed by atoms with Crippen LogP contribution in [0.25, 0.3) is 0 Å². The zero-order valence-corrected chi connectivity index (χ0v) is 12.4. The van der Waals surface area contributed by atoms with Gasteiger partial charge >= 0.3 is 0 Å². The van der Waals surface area contributed by atoms with Gasteiger partial charge in [0, 0.05) is 17.2 Å². The van der Waals surface area contributed by atoms with E-state index in [0.29, 0.717) is 22.3 Å². The summed E-state index contributed by atoms with van der Waals surface area (Å²) in [5.41, 5.74) is 0.638. The van der Waals surface area contributed by atoms with Crippen LogP contribution in [0.2, 0.25) is 5.02 Å². The minimum atomic E-state index is -0.464. The molecule has 0 aliphatic carbocycles. The zero-order chi connectivity index (χ0) is 14.5. The predicted octanol–water partition coefficient (Wildman–Crippen LogP) is 4.74. The molecule has 2 aromatic rings. The van der Waals surface area contributed by atoms with E-state index in [2.05, 4.69) is 10.3 Å². The maximum atomic E-state index is 13.5. The Morgan fingerprint density at radius 1 is 1.25 bits per heavy atom. The third kappa shape index (κ3) is 3.84. The van der Waals surface area contributed by atoms with Crippen LogP contribution in [0.5, 0.6) is 0 Å². The van der Waals surface area contributed by atoms with E-state index in [-0.39, 0.29) is 4.90 Å². The van der Waals surface area contributed by atoms with Crippen LogP contribution in [0.15, 0.2) is 35.2 Å². The maximum Gasteiger partial charge on any atom is 0.136 e. The van der Waals surface area contributed by atoms with Crippen LogP contribution in [0.4, 0.5) is 14.6 Å². The fourth-order valence-corrected chi connectivity index (χ4v) is 2.76. The summed E-state index contributed by atoms with van der Waals surface area (Å²) in [7, 11) is 0. The maximum absolute atomic E-state index is 13.5. The molecule has 0 amide bonds. The number of aromatic nitrogens is 1. The Labute approximate surface area is 125 Å². The van der Waals surface area contributed by atoms with Gasteiger partial charge in [-0.1, -0.05) is 11.6 Å². The second-order valence-corrected chi connectivity index (χ2v) is 5.44. The normalized spacial score (nSPS) is 10.6. The standard InChI is InChI=1S/C14H13ClF2N2S/c1-2-18-14-6-4-10(15)12(19-14)8-20-13-7-9(16)3-5-11(13)17/h3-7H,2,8H2,1H3,(H,18,19). The molecule has 1 N–H and O–H groups in total. The van der Waals surface area contributed by atoms with E-state index in [1.807, 2.05) is 6.92 Å². The van der Waals surface area contributed by atoms with Crippen LogP contribution in [-0.2, 0) is 5.75 Å². The number of halogens is 3. The number of anilines is 1. The first-order valence-corrected chi connectivity index (χ1v) is 7.43. The van der Waals surface area contributed by atoms with E-state index in [9.17, 15) is 8.78 Å². The van der Waals surface area contributed by atoms with Crippen molar-refractivity contribution < 1.29 is 8.78 Å². The third-order valence-electron chi connectivity index (χ3n) is 2.53. The van der Waals surface area contributed by atoms with Gasteiger partial charge in [0.2, 0.25) is 0 Å². The molecule has 2 nitrogen and oxygen atoms in total. The molecular weight excluding hydrogens is 302 g/mol. The van der Waals surface area contributed by atoms with Gasteiger partial charge in [0.1, 0.15) is 17.5 Å². The van der Waals surface area contributed by atoms with E-state index in [1.54, 1.807) is 12.1 Å². The molecule has 20 heavy (non-hydrogen) atoms. The first-order chi connectivity index (χ1) is 9.60. The lowest BCUT2D eigenvalue weighted by Gasteiger charge is -2.08. The molecule has 0 unspecified atom stereocenters. The summed E-state index contributed by atoms with van der Waals surface area (Å²) in [5.74, 6) is 0.176. The molecule has 0 aliphatic rings. The monoisotopic (exact) mass is 314 g/mol. The number of hydrogen-bond donors (Lipinski definition) is 1. The zero-order valence-electron chi connectivity index (χ0n) is 10.8. The van der Waals surface area contributed by atoms with Gasteiger partial charge in [-0.3, -0.25) is 0 Å². The molecule has 0 fully saturated rings. The minimum absolute atomic E-state index is 0.247. The van der Waals surface area contributed by atoms with Gasteiger partial charge in [-0.15, -0.1) is 11.8 Å². The van der Waals surface area contributed by atoms with Crippen molar-refractivity contribution in [3.63, 3.8) is 0 Å². The van der Waals surface area contributed by atoms with Crippen LogP contribution in [0.3, 0.4) is 0 Å². The Kier molecular flexibility index (Phi) is 5.20. The van der Waals surface area contributed by atoms with Gasteiger partial charge in [0.15, 0.2) is 0 Å². The molecule has 1 heterocycles. The van der Waals surface area contributed by atoms with Gasteiger partial charge < -0.3 is 5.32 Å². The summed E-state index contributed by atoms with van der Waals surface area (Å²) in [6.45, 7) is 2.71. The average molecular weight is 315 g/mol. The smallest absolute Gasteiger partial charge is 0.136 e. The number of hydrogen-bond acceptors (Lipinski definition) is 3. The summed E-state index contributed by atoms with van der Waals surface area (Å²) in [6.07, 6.45) is 0. The summed E-state index contributed by atoms with van der Waals surface area (Å²) >= 11 is 7.23. The third-order valence-corrected chi connectivity index (χ3v) is 3.92. The Bertz CT molecular complexity index is 608. The predicted molar refractivity (Wildman–Crippen MR) is 79.3 cm³/mol. The van der Waals surface area contributed by atoms with Crippen molar-refractivity contribution >= 4 is 29.2 Å². The second-order valence-electron chi connectivity index (χ2n) is 4.02. The van der Waals surface area contributed by atoms with Crippen molar-refractivity contribution in [2.75, 3.05) is 11.9 Å². The van der Waals surface area contributed by atoms with E-state index in [4.69, 9.17) is 11.6 Å². The lowest BCUT2D eigenvalue weighted by molar-refractivity contribution is 0.577. The first-order valence-electron chi connectivity index (χ1n) is 6.07. The van der Waals surface area contributed by atoms with Crippen molar-refractivity contribution in [1.29, 1.82) is 0 Å². The molecule has 0 aliphatic heterocycles. The van der Waals surface area contributed by atoms with Gasteiger partial charge in [0.05, 0.1) is 10.7 Å². The van der Waals surface area contributed by atoms with E-state index < -0.39 is 11.6 Å². The Morgan fingerprint density at radius 3 is 2.80 bits per heavy atom. The molecule has 0 spiro atoms. The van der Waals surface area contributed by atoms with E-state index in [1.165, 1.54) is 17.8 Å². The van der Waals surface area contributed by atoms with E-state index >= 15 is 0 Å². The number of benzene rings is 1. The topological polar surface area (TPSA) is 24.9 Å².